The number of amides is 2. The molecule has 8 heteroatoms. The molecule has 2 amide bonds. The molecule has 0 saturated carbocycles. The summed E-state index contributed by atoms with van der Waals surface area (Å²) in [6.45, 7) is 5.82. The normalized spacial score (nSPS) is 17.5. The summed E-state index contributed by atoms with van der Waals surface area (Å²) in [4.78, 5) is 30.5. The number of urea groups is 1. The predicted octanol–water partition coefficient (Wildman–Crippen LogP) is 0.283. The van der Waals surface area contributed by atoms with Crippen LogP contribution >= 0.6 is 0 Å². The minimum atomic E-state index is -0.841. The Kier molecular flexibility index (Phi) is 4.79. The predicted molar refractivity (Wildman–Crippen MR) is 73.7 cm³/mol. The zero-order valence-electron chi connectivity index (χ0n) is 12.2. The van der Waals surface area contributed by atoms with Gasteiger partial charge in [0.2, 0.25) is 5.89 Å². The standard InChI is InChI=1S/C13H20N4O4/c1-9-7-14-11(21-9)8-15-13(20)17-5-3-16(4-6-17)10(2)12(18)19/h7,10H,3-6,8H2,1-2H3,(H,15,20)(H,18,19). The molecule has 1 aromatic heterocycles. The van der Waals surface area contributed by atoms with E-state index >= 15 is 0 Å². The van der Waals surface area contributed by atoms with Crippen LogP contribution in [0.5, 0.6) is 0 Å². The molecule has 21 heavy (non-hydrogen) atoms. The highest BCUT2D eigenvalue weighted by Gasteiger charge is 2.27. The molecule has 0 aliphatic carbocycles. The smallest absolute Gasteiger partial charge is 0.320 e. The first-order valence-corrected chi connectivity index (χ1v) is 6.88. The molecule has 1 aliphatic heterocycles. The van der Waals surface area contributed by atoms with Crippen molar-refractivity contribution in [1.82, 2.24) is 20.1 Å². The van der Waals surface area contributed by atoms with Gasteiger partial charge in [-0.15, -0.1) is 0 Å². The van der Waals surface area contributed by atoms with E-state index < -0.39 is 12.0 Å². The number of aryl methyl sites for hydroxylation is 1. The molecular formula is C13H20N4O4. The van der Waals surface area contributed by atoms with Crippen LogP contribution in [-0.4, -0.2) is 64.1 Å². The molecule has 0 spiro atoms. The minimum Gasteiger partial charge on any atom is -0.480 e. The number of nitrogens with zero attached hydrogens (tertiary/aromatic N) is 3. The van der Waals surface area contributed by atoms with Crippen LogP contribution in [0.15, 0.2) is 10.6 Å². The van der Waals surface area contributed by atoms with Gasteiger partial charge in [-0.05, 0) is 13.8 Å². The van der Waals surface area contributed by atoms with Crippen molar-refractivity contribution >= 4 is 12.0 Å². The molecule has 2 heterocycles. The van der Waals surface area contributed by atoms with Gasteiger partial charge in [0.05, 0.1) is 12.7 Å². The van der Waals surface area contributed by atoms with Crippen molar-refractivity contribution in [1.29, 1.82) is 0 Å². The van der Waals surface area contributed by atoms with Crippen LogP contribution in [0.4, 0.5) is 4.79 Å². The van der Waals surface area contributed by atoms with Gasteiger partial charge < -0.3 is 19.7 Å². The number of carboxylic acid groups (broad SMARTS) is 1. The molecule has 1 atom stereocenters. The van der Waals surface area contributed by atoms with Crippen LogP contribution < -0.4 is 5.32 Å². The van der Waals surface area contributed by atoms with E-state index in [0.717, 1.165) is 0 Å². The monoisotopic (exact) mass is 296 g/mol. The summed E-state index contributed by atoms with van der Waals surface area (Å²) in [5.74, 6) is 0.335. The number of hydrogen-bond acceptors (Lipinski definition) is 5. The van der Waals surface area contributed by atoms with E-state index in [0.29, 0.717) is 37.8 Å². The van der Waals surface area contributed by atoms with Gasteiger partial charge in [0.25, 0.3) is 0 Å². The molecule has 1 saturated heterocycles. The van der Waals surface area contributed by atoms with Crippen molar-refractivity contribution in [2.45, 2.75) is 26.4 Å². The van der Waals surface area contributed by atoms with Crippen LogP contribution in [0.3, 0.4) is 0 Å². The molecule has 0 bridgehead atoms. The second-order valence-electron chi connectivity index (χ2n) is 5.06. The lowest BCUT2D eigenvalue weighted by molar-refractivity contribution is -0.143. The summed E-state index contributed by atoms with van der Waals surface area (Å²) in [5, 5.41) is 11.7. The zero-order valence-corrected chi connectivity index (χ0v) is 12.2. The van der Waals surface area contributed by atoms with E-state index in [-0.39, 0.29) is 12.6 Å². The van der Waals surface area contributed by atoms with Crippen molar-refractivity contribution in [3.8, 4) is 0 Å². The van der Waals surface area contributed by atoms with E-state index in [9.17, 15) is 9.59 Å². The number of aromatic nitrogens is 1. The molecule has 8 nitrogen and oxygen atoms in total. The first kappa shape index (κ1) is 15.3. The highest BCUT2D eigenvalue weighted by atomic mass is 16.4. The molecule has 1 fully saturated rings. The number of nitrogens with one attached hydrogen (secondary N) is 1. The van der Waals surface area contributed by atoms with Gasteiger partial charge in [0.15, 0.2) is 0 Å². The lowest BCUT2D eigenvalue weighted by atomic mass is 10.2. The molecule has 1 unspecified atom stereocenters. The summed E-state index contributed by atoms with van der Waals surface area (Å²) < 4.78 is 5.28. The lowest BCUT2D eigenvalue weighted by Gasteiger charge is -2.36. The van der Waals surface area contributed by atoms with Crippen molar-refractivity contribution in [3.05, 3.63) is 17.8 Å². The Morgan fingerprint density at radius 2 is 2.10 bits per heavy atom. The van der Waals surface area contributed by atoms with E-state index in [2.05, 4.69) is 10.3 Å². The summed E-state index contributed by atoms with van der Waals surface area (Å²) >= 11 is 0. The second kappa shape index (κ2) is 6.57. The molecule has 0 aromatic carbocycles. The second-order valence-corrected chi connectivity index (χ2v) is 5.06. The van der Waals surface area contributed by atoms with Crippen LogP contribution in [0.25, 0.3) is 0 Å². The first-order valence-electron chi connectivity index (χ1n) is 6.88. The molecule has 1 aliphatic rings. The quantitative estimate of drug-likeness (QED) is 0.828. The molecule has 2 rings (SSSR count). The minimum absolute atomic E-state index is 0.187. The maximum atomic E-state index is 12.0. The Bertz CT molecular complexity index is 508. The first-order chi connectivity index (χ1) is 9.97. The van der Waals surface area contributed by atoms with Crippen LogP contribution in [0.2, 0.25) is 0 Å². The van der Waals surface area contributed by atoms with Crippen LogP contribution in [0, 0.1) is 6.92 Å². The largest absolute Gasteiger partial charge is 0.480 e. The summed E-state index contributed by atoms with van der Waals surface area (Å²) in [7, 11) is 0. The third kappa shape index (κ3) is 3.94. The summed E-state index contributed by atoms with van der Waals surface area (Å²) in [6.07, 6.45) is 1.60. The molecule has 1 aromatic rings. The van der Waals surface area contributed by atoms with E-state index in [4.69, 9.17) is 9.52 Å². The number of aliphatic carboxylic acids is 1. The SMILES string of the molecule is Cc1cnc(CNC(=O)N2CCN(C(C)C(=O)O)CC2)o1. The van der Waals surface area contributed by atoms with Crippen molar-refractivity contribution < 1.29 is 19.1 Å². The van der Waals surface area contributed by atoms with E-state index in [1.165, 1.54) is 0 Å². The van der Waals surface area contributed by atoms with Gasteiger partial charge in [-0.3, -0.25) is 9.69 Å². The lowest BCUT2D eigenvalue weighted by Crippen LogP contribution is -2.55. The topological polar surface area (TPSA) is 98.9 Å². The van der Waals surface area contributed by atoms with Gasteiger partial charge >= 0.3 is 12.0 Å². The summed E-state index contributed by atoms with van der Waals surface area (Å²) in [5.41, 5.74) is 0. The van der Waals surface area contributed by atoms with Gasteiger partial charge in [0.1, 0.15) is 11.8 Å². The maximum Gasteiger partial charge on any atom is 0.320 e. The third-order valence-corrected chi connectivity index (χ3v) is 3.57. The van der Waals surface area contributed by atoms with Crippen molar-refractivity contribution in [3.63, 3.8) is 0 Å². The number of carbonyl (C=O) groups is 2. The van der Waals surface area contributed by atoms with E-state index in [1.807, 2.05) is 4.90 Å². The van der Waals surface area contributed by atoms with Crippen molar-refractivity contribution in [2.75, 3.05) is 26.2 Å². The Labute approximate surface area is 122 Å². The highest BCUT2D eigenvalue weighted by Crippen LogP contribution is 2.07. The fourth-order valence-corrected chi connectivity index (χ4v) is 2.21. The number of carbonyl (C=O) groups excluding carboxylic acids is 1. The Morgan fingerprint density at radius 1 is 1.43 bits per heavy atom. The van der Waals surface area contributed by atoms with E-state index in [1.54, 1.807) is 24.9 Å². The maximum absolute atomic E-state index is 12.0. The molecule has 2 N–H and O–H groups in total. The van der Waals surface area contributed by atoms with Gasteiger partial charge in [-0.2, -0.15) is 0 Å². The third-order valence-electron chi connectivity index (χ3n) is 3.57. The van der Waals surface area contributed by atoms with Gasteiger partial charge in [0, 0.05) is 26.2 Å². The number of hydrogen-bond donors (Lipinski definition) is 2. The number of oxazole rings is 1. The number of rotatable bonds is 4. The Balaban J connectivity index is 1.76. The number of carboxylic acids is 1. The molecular weight excluding hydrogens is 276 g/mol. The fraction of sp³-hybridized carbons (Fsp3) is 0.615. The summed E-state index contributed by atoms with van der Waals surface area (Å²) in [6, 6.07) is -0.709. The average Bonchev–Trinajstić information content (AvgIpc) is 2.89. The average molecular weight is 296 g/mol. The van der Waals surface area contributed by atoms with Gasteiger partial charge in [-0.1, -0.05) is 0 Å². The molecule has 0 radical (unpaired) electrons. The number of piperazine rings is 1. The highest BCUT2D eigenvalue weighted by molar-refractivity contribution is 5.74. The van der Waals surface area contributed by atoms with Crippen LogP contribution in [-0.2, 0) is 11.3 Å². The fourth-order valence-electron chi connectivity index (χ4n) is 2.21. The Hall–Kier alpha value is -2.09. The van der Waals surface area contributed by atoms with Crippen molar-refractivity contribution in [2.24, 2.45) is 0 Å². The Morgan fingerprint density at radius 3 is 2.62 bits per heavy atom. The zero-order chi connectivity index (χ0) is 15.4. The molecule has 116 valence electrons. The van der Waals surface area contributed by atoms with Gasteiger partial charge in [-0.25, -0.2) is 9.78 Å². The van der Waals surface area contributed by atoms with Crippen LogP contribution in [0.1, 0.15) is 18.6 Å².